The number of phenolic OH excluding ortho intramolecular Hbond substituents is 1. The van der Waals surface area contributed by atoms with E-state index in [9.17, 15) is 31.9 Å². The molecule has 1 unspecified atom stereocenters. The number of fused-ring (bicyclic) bond motifs is 1. The number of esters is 1. The molecule has 0 amide bonds. The fourth-order valence-corrected chi connectivity index (χ4v) is 2.75. The predicted molar refractivity (Wildman–Crippen MR) is 66.6 cm³/mol. The Hall–Kier alpha value is -1.91. The second kappa shape index (κ2) is 5.95. The van der Waals surface area contributed by atoms with Crippen LogP contribution >= 0.6 is 11.8 Å². The lowest BCUT2D eigenvalue weighted by Gasteiger charge is -2.26. The highest BCUT2D eigenvalue weighted by atomic mass is 32.2. The molecule has 0 saturated carbocycles. The number of benzene rings is 1. The van der Waals surface area contributed by atoms with Crippen LogP contribution in [0.5, 0.6) is 17.2 Å². The van der Waals surface area contributed by atoms with Crippen LogP contribution in [-0.2, 0) is 9.53 Å². The minimum Gasteiger partial charge on any atom is -0.507 e. The second-order valence-electron chi connectivity index (χ2n) is 4.33. The summed E-state index contributed by atoms with van der Waals surface area (Å²) in [6.07, 6.45) is -5.53. The molecule has 1 aromatic carbocycles. The summed E-state index contributed by atoms with van der Waals surface area (Å²) >= 11 is -0.623. The Morgan fingerprint density at radius 2 is 1.83 bits per heavy atom. The van der Waals surface area contributed by atoms with Crippen molar-refractivity contribution in [3.05, 3.63) is 12.1 Å². The van der Waals surface area contributed by atoms with Gasteiger partial charge in [-0.15, -0.1) is 0 Å². The van der Waals surface area contributed by atoms with Crippen LogP contribution in [0.15, 0.2) is 17.0 Å². The van der Waals surface area contributed by atoms with Crippen molar-refractivity contribution in [3.63, 3.8) is 0 Å². The predicted octanol–water partition coefficient (Wildman–Crippen LogP) is 3.16. The van der Waals surface area contributed by atoms with Crippen molar-refractivity contribution in [2.24, 2.45) is 5.92 Å². The van der Waals surface area contributed by atoms with Gasteiger partial charge in [-0.2, -0.15) is 22.0 Å². The molecule has 0 aliphatic carbocycles. The van der Waals surface area contributed by atoms with Gasteiger partial charge in [0, 0.05) is 12.1 Å². The number of hydrogen-bond acceptors (Lipinski definition) is 6. The summed E-state index contributed by atoms with van der Waals surface area (Å²) in [6.45, 7) is -0.216. The second-order valence-corrected chi connectivity index (χ2v) is 5.52. The molecule has 0 radical (unpaired) electrons. The zero-order valence-electron chi connectivity index (χ0n) is 11.3. The van der Waals surface area contributed by atoms with Crippen LogP contribution in [0.2, 0.25) is 0 Å². The summed E-state index contributed by atoms with van der Waals surface area (Å²) in [5, 5.41) is 5.02. The molecule has 0 fully saturated rings. The molecule has 1 N–H and O–H groups in total. The molecule has 1 atom stereocenters. The summed E-state index contributed by atoms with van der Waals surface area (Å²) in [7, 11) is 0.569. The van der Waals surface area contributed by atoms with E-state index in [0.29, 0.717) is 7.11 Å². The van der Waals surface area contributed by atoms with Crippen LogP contribution < -0.4 is 9.47 Å². The highest BCUT2D eigenvalue weighted by Crippen LogP contribution is 2.52. The first-order valence-electron chi connectivity index (χ1n) is 5.90. The van der Waals surface area contributed by atoms with Gasteiger partial charge < -0.3 is 19.3 Å². The van der Waals surface area contributed by atoms with E-state index in [1.54, 1.807) is 0 Å². The van der Waals surface area contributed by atoms with E-state index in [2.05, 4.69) is 4.74 Å². The smallest absolute Gasteiger partial charge is 0.409 e. The summed E-state index contributed by atoms with van der Waals surface area (Å²) in [6, 6.07) is 1.84. The first-order valence-corrected chi connectivity index (χ1v) is 6.72. The number of alkyl halides is 5. The number of halogens is 5. The van der Waals surface area contributed by atoms with E-state index in [-0.39, 0.29) is 18.3 Å². The Balaban J connectivity index is 2.34. The van der Waals surface area contributed by atoms with Gasteiger partial charge in [-0.25, -0.2) is 0 Å². The number of carbonyl (C=O) groups excluding carboxylic acids is 1. The number of phenols is 1. The van der Waals surface area contributed by atoms with Gasteiger partial charge in [-0.3, -0.25) is 4.79 Å². The SMILES string of the molecule is COC(=O)C(C(F)(F)F)C(F)(F)Sc1cc2c(cc1O)OCO2. The monoisotopic (exact) mass is 360 g/mol. The van der Waals surface area contributed by atoms with Gasteiger partial charge in [0.25, 0.3) is 0 Å². The lowest BCUT2D eigenvalue weighted by molar-refractivity contribution is -0.224. The first kappa shape index (κ1) is 17.4. The number of ether oxygens (including phenoxy) is 3. The van der Waals surface area contributed by atoms with Crippen LogP contribution in [0.4, 0.5) is 22.0 Å². The van der Waals surface area contributed by atoms with E-state index in [4.69, 9.17) is 9.47 Å². The lowest BCUT2D eigenvalue weighted by atomic mass is 10.1. The van der Waals surface area contributed by atoms with Gasteiger partial charge in [0.2, 0.25) is 12.7 Å². The van der Waals surface area contributed by atoms with E-state index in [0.717, 1.165) is 12.1 Å². The number of thioether (sulfide) groups is 1. The van der Waals surface area contributed by atoms with Crippen molar-refractivity contribution in [2.45, 2.75) is 16.3 Å². The van der Waals surface area contributed by atoms with Crippen molar-refractivity contribution in [3.8, 4) is 17.2 Å². The molecule has 5 nitrogen and oxygen atoms in total. The third-order valence-corrected chi connectivity index (χ3v) is 3.86. The molecule has 0 spiro atoms. The molecule has 1 heterocycles. The number of rotatable bonds is 4. The maximum atomic E-state index is 14.0. The summed E-state index contributed by atoms with van der Waals surface area (Å²) < 4.78 is 79.9. The van der Waals surface area contributed by atoms with Gasteiger partial charge in [-0.05, 0) is 11.8 Å². The lowest BCUT2D eigenvalue weighted by Crippen LogP contribution is -2.43. The van der Waals surface area contributed by atoms with Crippen LogP contribution in [0.3, 0.4) is 0 Å². The topological polar surface area (TPSA) is 65.0 Å². The summed E-state index contributed by atoms with van der Waals surface area (Å²) in [5.74, 6) is -6.49. The minimum atomic E-state index is -5.53. The fourth-order valence-electron chi connectivity index (χ4n) is 1.78. The molecule has 128 valence electrons. The van der Waals surface area contributed by atoms with Crippen LogP contribution in [-0.4, -0.2) is 36.4 Å². The molecule has 0 aromatic heterocycles. The molecule has 1 aliphatic heterocycles. The van der Waals surface area contributed by atoms with E-state index in [1.165, 1.54) is 0 Å². The van der Waals surface area contributed by atoms with Gasteiger partial charge in [-0.1, -0.05) is 0 Å². The van der Waals surface area contributed by atoms with Crippen molar-refractivity contribution < 1.29 is 46.1 Å². The Bertz CT molecular complexity index is 619. The van der Waals surface area contributed by atoms with Crippen LogP contribution in [0.1, 0.15) is 0 Å². The first-order chi connectivity index (χ1) is 10.6. The third kappa shape index (κ3) is 3.54. The molecule has 0 bridgehead atoms. The third-order valence-electron chi connectivity index (χ3n) is 2.80. The molecule has 11 heteroatoms. The summed E-state index contributed by atoms with van der Waals surface area (Å²) in [5.41, 5.74) is 0. The van der Waals surface area contributed by atoms with E-state index >= 15 is 0 Å². The maximum Gasteiger partial charge on any atom is 0.409 e. The molecule has 1 aliphatic rings. The van der Waals surface area contributed by atoms with Crippen molar-refractivity contribution in [1.82, 2.24) is 0 Å². The molecule has 1 aromatic rings. The zero-order valence-corrected chi connectivity index (χ0v) is 12.1. The Morgan fingerprint density at radius 3 is 2.35 bits per heavy atom. The molecule has 23 heavy (non-hydrogen) atoms. The number of aromatic hydroxyl groups is 1. The molecule has 0 saturated heterocycles. The maximum absolute atomic E-state index is 14.0. The zero-order chi connectivity index (χ0) is 17.4. The quantitative estimate of drug-likeness (QED) is 0.506. The summed E-state index contributed by atoms with van der Waals surface area (Å²) in [4.78, 5) is 10.5. The van der Waals surface area contributed by atoms with Gasteiger partial charge in [0.05, 0.1) is 12.0 Å². The van der Waals surface area contributed by atoms with Gasteiger partial charge >= 0.3 is 17.4 Å². The Morgan fingerprint density at radius 1 is 1.26 bits per heavy atom. The number of carbonyl (C=O) groups is 1. The van der Waals surface area contributed by atoms with Crippen molar-refractivity contribution in [2.75, 3.05) is 13.9 Å². The standard InChI is InChI=1S/C12H9F5O5S/c1-20-10(19)9(11(13,14)15)12(16,17)23-8-3-7-6(2-5(8)18)21-4-22-7/h2-3,9,18H,4H2,1H3. The Kier molecular flexibility index (Phi) is 4.51. The van der Waals surface area contributed by atoms with Gasteiger partial charge in [0.15, 0.2) is 11.5 Å². The van der Waals surface area contributed by atoms with Crippen molar-refractivity contribution in [1.29, 1.82) is 0 Å². The average Bonchev–Trinajstić information content (AvgIpc) is 2.83. The number of hydrogen-bond donors (Lipinski definition) is 1. The van der Waals surface area contributed by atoms with E-state index in [1.807, 2.05) is 0 Å². The average molecular weight is 360 g/mol. The Labute approximate surface area is 130 Å². The largest absolute Gasteiger partial charge is 0.507 e. The molecule has 2 rings (SSSR count). The highest BCUT2D eigenvalue weighted by Gasteiger charge is 2.61. The normalized spacial score (nSPS) is 15.4. The van der Waals surface area contributed by atoms with Crippen molar-refractivity contribution >= 4 is 17.7 Å². The van der Waals surface area contributed by atoms with E-state index < -0.39 is 45.7 Å². The minimum absolute atomic E-state index is 0.0114. The molecular formula is C12H9F5O5S. The van der Waals surface area contributed by atoms with Crippen LogP contribution in [0.25, 0.3) is 0 Å². The van der Waals surface area contributed by atoms with Crippen LogP contribution in [0, 0.1) is 5.92 Å². The fraction of sp³-hybridized carbons (Fsp3) is 0.417. The van der Waals surface area contributed by atoms with Gasteiger partial charge in [0.1, 0.15) is 5.75 Å². The molecular weight excluding hydrogens is 351 g/mol. The number of methoxy groups -OCH3 is 1. The highest BCUT2D eigenvalue weighted by molar-refractivity contribution is 8.00.